The molecule has 1 aromatic heterocycles. The van der Waals surface area contributed by atoms with Crippen molar-refractivity contribution in [3.63, 3.8) is 0 Å². The number of ketones is 1. The molecule has 1 heterocycles. The maximum atomic E-state index is 12.7. The molecule has 1 unspecified atom stereocenters. The van der Waals surface area contributed by atoms with E-state index in [1.54, 1.807) is 6.08 Å². The molecule has 0 radical (unpaired) electrons. The summed E-state index contributed by atoms with van der Waals surface area (Å²) in [5, 5.41) is 0.185. The van der Waals surface area contributed by atoms with Crippen LogP contribution in [0.5, 0.6) is 0 Å². The Morgan fingerprint density at radius 2 is 2.00 bits per heavy atom. The Morgan fingerprint density at radius 3 is 2.58 bits per heavy atom. The van der Waals surface area contributed by atoms with E-state index < -0.39 is 8.32 Å². The van der Waals surface area contributed by atoms with Gasteiger partial charge in [-0.15, -0.1) is 11.3 Å². The summed E-state index contributed by atoms with van der Waals surface area (Å²) in [5.41, 5.74) is 0.293. The first-order valence-electron chi connectivity index (χ1n) is 13.7. The minimum atomic E-state index is -1.88. The summed E-state index contributed by atoms with van der Waals surface area (Å²) in [6.07, 6.45) is 17.2. The second-order valence-corrected chi connectivity index (χ2v) is 18.1. The number of aryl methyl sites for hydroxylation is 1. The number of hydrogen-bond donors (Lipinski definition) is 0. The van der Waals surface area contributed by atoms with Crippen molar-refractivity contribution in [3.8, 4) is 0 Å². The van der Waals surface area contributed by atoms with Crippen molar-refractivity contribution in [3.05, 3.63) is 46.2 Å². The Kier molecular flexibility index (Phi) is 9.61. The molecule has 36 heavy (non-hydrogen) atoms. The van der Waals surface area contributed by atoms with Gasteiger partial charge in [0.05, 0.1) is 13.2 Å². The third-order valence-corrected chi connectivity index (χ3v) is 14.6. The van der Waals surface area contributed by atoms with Gasteiger partial charge >= 0.3 is 5.97 Å². The van der Waals surface area contributed by atoms with E-state index in [4.69, 9.17) is 9.16 Å². The molecular formula is C30H46O4SSi. The summed E-state index contributed by atoms with van der Waals surface area (Å²) in [6, 6.07) is 3.85. The molecule has 0 bridgehead atoms. The van der Waals surface area contributed by atoms with E-state index in [0.29, 0.717) is 10.3 Å². The van der Waals surface area contributed by atoms with E-state index in [0.717, 1.165) is 32.1 Å². The van der Waals surface area contributed by atoms with Crippen molar-refractivity contribution in [2.24, 2.45) is 17.3 Å². The van der Waals surface area contributed by atoms with Crippen molar-refractivity contribution in [2.45, 2.75) is 103 Å². The lowest BCUT2D eigenvalue weighted by Gasteiger charge is -2.51. The van der Waals surface area contributed by atoms with E-state index in [9.17, 15) is 9.59 Å². The zero-order valence-corrected chi connectivity index (χ0v) is 25.2. The number of hydrogen-bond acceptors (Lipinski definition) is 5. The molecule has 200 valence electrons. The highest BCUT2D eigenvalue weighted by Crippen LogP contribution is 2.51. The van der Waals surface area contributed by atoms with Crippen LogP contribution in [0.3, 0.4) is 0 Å². The Bertz CT molecular complexity index is 958. The van der Waals surface area contributed by atoms with Gasteiger partial charge in [-0.2, -0.15) is 0 Å². The predicted octanol–water partition coefficient (Wildman–Crippen LogP) is 8.15. The molecule has 0 aromatic carbocycles. The first-order chi connectivity index (χ1) is 16.9. The van der Waals surface area contributed by atoms with Gasteiger partial charge in [-0.25, -0.2) is 4.79 Å². The van der Waals surface area contributed by atoms with Gasteiger partial charge in [0, 0.05) is 10.8 Å². The van der Waals surface area contributed by atoms with Crippen molar-refractivity contribution in [1.29, 1.82) is 0 Å². The van der Waals surface area contributed by atoms with Gasteiger partial charge in [0.25, 0.3) is 0 Å². The van der Waals surface area contributed by atoms with Crippen LogP contribution in [0.4, 0.5) is 0 Å². The maximum Gasteiger partial charge on any atom is 0.348 e. The van der Waals surface area contributed by atoms with E-state index in [-0.39, 0.29) is 34.7 Å². The van der Waals surface area contributed by atoms with Gasteiger partial charge < -0.3 is 9.16 Å². The van der Waals surface area contributed by atoms with Crippen LogP contribution in [0, 0.1) is 17.3 Å². The molecule has 3 rings (SSSR count). The molecule has 2 aliphatic carbocycles. The third-order valence-electron chi connectivity index (χ3n) is 8.98. The monoisotopic (exact) mass is 530 g/mol. The zero-order valence-electron chi connectivity index (χ0n) is 23.4. The standard InChI is InChI=1S/C30H46O4SSi/c1-8-30(20-11-21-30)27(34-36(6,7)29(2,3)4)15-10-14-24-22(16-18-25(24)31)12-9-13-23-17-19-26(35-23)28(32)33-5/h10,14,16-19,22,24,27H,8-9,11-13,15,20-21H2,1-7H3/b14-10+/t22-,24+,27?/m0/s1. The van der Waals surface area contributed by atoms with Crippen LogP contribution in [-0.4, -0.2) is 33.3 Å². The first kappa shape index (κ1) is 29.1. The van der Waals surface area contributed by atoms with Crippen LogP contribution < -0.4 is 0 Å². The second-order valence-electron chi connectivity index (χ2n) is 12.2. The average Bonchev–Trinajstić information content (AvgIpc) is 3.39. The number of thiophene rings is 1. The van der Waals surface area contributed by atoms with Crippen molar-refractivity contribution >= 4 is 31.4 Å². The van der Waals surface area contributed by atoms with E-state index in [1.807, 2.05) is 12.1 Å². The average molecular weight is 531 g/mol. The van der Waals surface area contributed by atoms with Crippen LogP contribution in [0.15, 0.2) is 36.4 Å². The van der Waals surface area contributed by atoms with Crippen LogP contribution >= 0.6 is 11.3 Å². The molecule has 0 amide bonds. The molecule has 4 nitrogen and oxygen atoms in total. The second kappa shape index (κ2) is 11.9. The number of allylic oxidation sites excluding steroid dienone is 3. The van der Waals surface area contributed by atoms with Gasteiger partial charge in [-0.05, 0) is 92.6 Å². The number of carbonyl (C=O) groups is 2. The summed E-state index contributed by atoms with van der Waals surface area (Å²) >= 11 is 1.50. The van der Waals surface area contributed by atoms with Crippen molar-refractivity contribution in [2.75, 3.05) is 7.11 Å². The molecule has 6 heteroatoms. The molecule has 0 spiro atoms. The third kappa shape index (κ3) is 6.67. The number of esters is 1. The normalized spacial score (nSPS) is 22.7. The van der Waals surface area contributed by atoms with Crippen molar-refractivity contribution < 1.29 is 18.8 Å². The largest absolute Gasteiger partial charge is 0.465 e. The fourth-order valence-electron chi connectivity index (χ4n) is 5.25. The van der Waals surface area contributed by atoms with Crippen LogP contribution in [0.1, 0.15) is 87.2 Å². The Labute approximate surface area is 223 Å². The topological polar surface area (TPSA) is 52.6 Å². The molecule has 0 aliphatic heterocycles. The highest BCUT2D eigenvalue weighted by Gasteiger charge is 2.47. The maximum absolute atomic E-state index is 12.7. The molecule has 1 saturated carbocycles. The fourth-order valence-corrected chi connectivity index (χ4v) is 7.63. The number of rotatable bonds is 12. The summed E-state index contributed by atoms with van der Waals surface area (Å²) < 4.78 is 11.8. The molecule has 1 fully saturated rings. The summed E-state index contributed by atoms with van der Waals surface area (Å²) in [6.45, 7) is 14.0. The van der Waals surface area contributed by atoms with Crippen LogP contribution in [0.25, 0.3) is 0 Å². The molecular weight excluding hydrogens is 484 g/mol. The van der Waals surface area contributed by atoms with Crippen LogP contribution in [0.2, 0.25) is 18.1 Å². The molecule has 1 aromatic rings. The van der Waals surface area contributed by atoms with Crippen LogP contribution in [-0.2, 0) is 20.4 Å². The van der Waals surface area contributed by atoms with Crippen molar-refractivity contribution in [1.82, 2.24) is 0 Å². The highest BCUT2D eigenvalue weighted by molar-refractivity contribution is 7.13. The number of ether oxygens (including phenoxy) is 1. The first-order valence-corrected chi connectivity index (χ1v) is 17.4. The number of methoxy groups -OCH3 is 1. The lowest BCUT2D eigenvalue weighted by Crippen LogP contribution is -2.51. The fraction of sp³-hybridized carbons (Fsp3) is 0.667. The zero-order chi connectivity index (χ0) is 26.6. The lowest BCUT2D eigenvalue weighted by atomic mass is 9.63. The predicted molar refractivity (Wildman–Crippen MR) is 152 cm³/mol. The summed E-state index contributed by atoms with van der Waals surface area (Å²) in [5.74, 6) is 0.128. The van der Waals surface area contributed by atoms with Gasteiger partial charge in [-0.1, -0.05) is 52.3 Å². The Balaban J connectivity index is 1.60. The van der Waals surface area contributed by atoms with Gasteiger partial charge in [0.15, 0.2) is 14.1 Å². The summed E-state index contributed by atoms with van der Waals surface area (Å²) in [4.78, 5) is 26.2. The van der Waals surface area contributed by atoms with E-state index >= 15 is 0 Å². The van der Waals surface area contributed by atoms with Gasteiger partial charge in [-0.3, -0.25) is 4.79 Å². The number of carbonyl (C=O) groups excluding carboxylic acids is 2. The lowest BCUT2D eigenvalue weighted by molar-refractivity contribution is -0.117. The SMILES string of the molecule is CCC1(C(C/C=C/[C@H]2C(=O)C=C[C@@H]2CCCc2ccc(C(=O)OC)s2)O[Si](C)(C)C(C)(C)C)CCC1. The minimum absolute atomic E-state index is 0.0635. The Hall–Kier alpha value is -1.50. The quantitative estimate of drug-likeness (QED) is 0.155. The summed E-state index contributed by atoms with van der Waals surface area (Å²) in [7, 11) is -0.472. The molecule has 0 saturated heterocycles. The molecule has 3 atom stereocenters. The highest BCUT2D eigenvalue weighted by atomic mass is 32.1. The van der Waals surface area contributed by atoms with Gasteiger partial charge in [0.2, 0.25) is 0 Å². The van der Waals surface area contributed by atoms with E-state index in [2.05, 4.69) is 59.0 Å². The minimum Gasteiger partial charge on any atom is -0.465 e. The Morgan fingerprint density at radius 1 is 1.28 bits per heavy atom. The molecule has 2 aliphatic rings. The smallest absolute Gasteiger partial charge is 0.348 e. The van der Waals surface area contributed by atoms with Gasteiger partial charge in [0.1, 0.15) is 4.88 Å². The van der Waals surface area contributed by atoms with E-state index in [1.165, 1.54) is 42.6 Å². The molecule has 0 N–H and O–H groups in total.